The van der Waals surface area contributed by atoms with Crippen molar-refractivity contribution in [3.8, 4) is 5.75 Å². The number of nitro groups is 1. The highest BCUT2D eigenvalue weighted by Crippen LogP contribution is 2.33. The first-order valence-corrected chi connectivity index (χ1v) is 5.92. The molecule has 0 radical (unpaired) electrons. The lowest BCUT2D eigenvalue weighted by Gasteiger charge is -2.21. The number of nitrogens with zero attached hydrogens (tertiary/aromatic N) is 1. The zero-order valence-electron chi connectivity index (χ0n) is 10.0. The monoisotopic (exact) mass is 253 g/mol. The minimum Gasteiger partial charge on any atom is -0.481 e. The van der Waals surface area contributed by atoms with Gasteiger partial charge < -0.3 is 4.74 Å². The first-order chi connectivity index (χ1) is 9.24. The summed E-state index contributed by atoms with van der Waals surface area (Å²) >= 11 is 0. The first-order valence-electron chi connectivity index (χ1n) is 5.92. The summed E-state index contributed by atoms with van der Waals surface area (Å²) in [6.45, 7) is 0. The van der Waals surface area contributed by atoms with Crippen LogP contribution in [0.15, 0.2) is 54.6 Å². The quantitative estimate of drug-likeness (QED) is 0.605. The van der Waals surface area contributed by atoms with E-state index in [0.29, 0.717) is 0 Å². The third kappa shape index (κ3) is 2.20. The molecule has 19 heavy (non-hydrogen) atoms. The molecular weight excluding hydrogens is 242 g/mol. The summed E-state index contributed by atoms with van der Waals surface area (Å²) in [7, 11) is 0. The maximum absolute atomic E-state index is 10.8. The minimum atomic E-state index is -0.399. The third-order valence-electron chi connectivity index (χ3n) is 3.03. The zero-order valence-corrected chi connectivity index (χ0v) is 10.0. The minimum absolute atomic E-state index is 0.0772. The van der Waals surface area contributed by atoms with Gasteiger partial charge in [0, 0.05) is 23.3 Å². The predicted molar refractivity (Wildman–Crippen MR) is 71.9 cm³/mol. The molecule has 0 saturated heterocycles. The SMILES string of the molecule is O=[N+]([O-])c1cccc(C2C=Cc3ccccc3O2)c1. The van der Waals surface area contributed by atoms with Gasteiger partial charge in [-0.3, -0.25) is 10.1 Å². The lowest BCUT2D eigenvalue weighted by Crippen LogP contribution is -2.08. The standard InChI is InChI=1S/C15H11NO3/c17-16(18)13-6-3-5-12(10-13)15-9-8-11-4-1-2-7-14(11)19-15/h1-10,15H. The largest absolute Gasteiger partial charge is 0.481 e. The molecule has 3 rings (SSSR count). The summed E-state index contributed by atoms with van der Waals surface area (Å²) in [5.41, 5.74) is 1.87. The lowest BCUT2D eigenvalue weighted by atomic mass is 10.0. The van der Waals surface area contributed by atoms with Gasteiger partial charge in [-0.1, -0.05) is 36.4 Å². The van der Waals surface area contributed by atoms with Crippen molar-refractivity contribution in [2.75, 3.05) is 0 Å². The maximum Gasteiger partial charge on any atom is 0.269 e. The lowest BCUT2D eigenvalue weighted by molar-refractivity contribution is -0.385. The van der Waals surface area contributed by atoms with E-state index in [2.05, 4.69) is 0 Å². The van der Waals surface area contributed by atoms with Gasteiger partial charge in [0.05, 0.1) is 4.92 Å². The van der Waals surface area contributed by atoms with Gasteiger partial charge in [-0.05, 0) is 12.1 Å². The maximum atomic E-state index is 10.8. The molecule has 0 saturated carbocycles. The van der Waals surface area contributed by atoms with Gasteiger partial charge in [0.2, 0.25) is 0 Å². The Balaban J connectivity index is 1.93. The number of benzene rings is 2. The Bertz CT molecular complexity index is 664. The number of nitro benzene ring substituents is 1. The highest BCUT2D eigenvalue weighted by Gasteiger charge is 2.18. The summed E-state index contributed by atoms with van der Waals surface area (Å²) < 4.78 is 5.84. The van der Waals surface area contributed by atoms with Gasteiger partial charge in [0.1, 0.15) is 11.9 Å². The fourth-order valence-corrected chi connectivity index (χ4v) is 2.09. The third-order valence-corrected chi connectivity index (χ3v) is 3.03. The number of rotatable bonds is 2. The van der Waals surface area contributed by atoms with Crippen molar-refractivity contribution in [2.24, 2.45) is 0 Å². The van der Waals surface area contributed by atoms with Crippen molar-refractivity contribution in [2.45, 2.75) is 6.10 Å². The second kappa shape index (κ2) is 4.57. The Morgan fingerprint density at radius 2 is 1.95 bits per heavy atom. The van der Waals surface area contributed by atoms with Crippen molar-refractivity contribution in [1.29, 1.82) is 0 Å². The van der Waals surface area contributed by atoms with Gasteiger partial charge in [-0.25, -0.2) is 0 Å². The van der Waals surface area contributed by atoms with Crippen LogP contribution in [0.1, 0.15) is 17.2 Å². The highest BCUT2D eigenvalue weighted by molar-refractivity contribution is 5.60. The molecule has 0 aromatic heterocycles. The van der Waals surface area contributed by atoms with Crippen LogP contribution in [0.4, 0.5) is 5.69 Å². The summed E-state index contributed by atoms with van der Waals surface area (Å²) in [5.74, 6) is 0.793. The van der Waals surface area contributed by atoms with Gasteiger partial charge in [0.15, 0.2) is 0 Å². The number of ether oxygens (including phenoxy) is 1. The van der Waals surface area contributed by atoms with E-state index in [9.17, 15) is 10.1 Å². The van der Waals surface area contributed by atoms with Crippen molar-refractivity contribution >= 4 is 11.8 Å². The molecular formula is C15H11NO3. The van der Waals surface area contributed by atoms with Gasteiger partial charge in [0.25, 0.3) is 5.69 Å². The van der Waals surface area contributed by atoms with Crippen molar-refractivity contribution in [1.82, 2.24) is 0 Å². The Kier molecular flexibility index (Phi) is 2.76. The van der Waals surface area contributed by atoms with Gasteiger partial charge >= 0.3 is 0 Å². The molecule has 0 bridgehead atoms. The van der Waals surface area contributed by atoms with Gasteiger partial charge in [-0.15, -0.1) is 0 Å². The van der Waals surface area contributed by atoms with E-state index >= 15 is 0 Å². The van der Waals surface area contributed by atoms with Crippen LogP contribution in [0.2, 0.25) is 0 Å². The van der Waals surface area contributed by atoms with Crippen molar-refractivity contribution in [3.63, 3.8) is 0 Å². The van der Waals surface area contributed by atoms with E-state index in [1.165, 1.54) is 6.07 Å². The highest BCUT2D eigenvalue weighted by atomic mass is 16.6. The predicted octanol–water partition coefficient (Wildman–Crippen LogP) is 3.74. The smallest absolute Gasteiger partial charge is 0.269 e. The fraction of sp³-hybridized carbons (Fsp3) is 0.0667. The van der Waals surface area contributed by atoms with Crippen molar-refractivity contribution < 1.29 is 9.66 Å². The van der Waals surface area contributed by atoms with Crippen molar-refractivity contribution in [3.05, 3.63) is 75.8 Å². The summed E-state index contributed by atoms with van der Waals surface area (Å²) in [6.07, 6.45) is 3.60. The molecule has 0 amide bonds. The van der Waals surface area contributed by atoms with E-state index in [4.69, 9.17) is 4.74 Å². The number of hydrogen-bond donors (Lipinski definition) is 0. The molecule has 0 fully saturated rings. The Hall–Kier alpha value is -2.62. The molecule has 1 heterocycles. The molecule has 0 spiro atoms. The molecule has 94 valence electrons. The van der Waals surface area contributed by atoms with Crippen LogP contribution < -0.4 is 4.74 Å². The summed E-state index contributed by atoms with van der Waals surface area (Å²) in [6, 6.07) is 14.2. The average Bonchev–Trinajstić information content (AvgIpc) is 2.47. The van der Waals surface area contributed by atoms with E-state index < -0.39 is 4.92 Å². The van der Waals surface area contributed by atoms with E-state index in [-0.39, 0.29) is 11.8 Å². The normalized spacial score (nSPS) is 16.5. The molecule has 2 aromatic rings. The Labute approximate surface area is 110 Å². The van der Waals surface area contributed by atoms with E-state index in [0.717, 1.165) is 16.9 Å². The number of para-hydroxylation sites is 1. The molecule has 4 heteroatoms. The summed E-state index contributed by atoms with van der Waals surface area (Å²) in [5, 5.41) is 10.8. The molecule has 1 unspecified atom stereocenters. The second-order valence-corrected chi connectivity index (χ2v) is 4.29. The zero-order chi connectivity index (χ0) is 13.2. The number of non-ortho nitro benzene ring substituents is 1. The number of fused-ring (bicyclic) bond motifs is 1. The molecule has 4 nitrogen and oxygen atoms in total. The molecule has 0 N–H and O–H groups in total. The summed E-state index contributed by atoms with van der Waals surface area (Å²) in [4.78, 5) is 10.4. The first kappa shape index (κ1) is 11.5. The topological polar surface area (TPSA) is 52.4 Å². The van der Waals surface area contributed by atoms with Crippen LogP contribution in [-0.4, -0.2) is 4.92 Å². The van der Waals surface area contributed by atoms with Gasteiger partial charge in [-0.2, -0.15) is 0 Å². The van der Waals surface area contributed by atoms with E-state index in [1.54, 1.807) is 12.1 Å². The second-order valence-electron chi connectivity index (χ2n) is 4.29. The van der Waals surface area contributed by atoms with Crippen LogP contribution in [0.3, 0.4) is 0 Å². The Morgan fingerprint density at radius 1 is 1.11 bits per heavy atom. The molecule has 0 aliphatic carbocycles. The molecule has 1 atom stereocenters. The molecule has 1 aliphatic rings. The van der Waals surface area contributed by atoms with Crippen LogP contribution in [0.25, 0.3) is 6.08 Å². The van der Waals surface area contributed by atoms with Crippen LogP contribution in [-0.2, 0) is 0 Å². The van der Waals surface area contributed by atoms with Crippen LogP contribution in [0, 0.1) is 10.1 Å². The number of hydrogen-bond acceptors (Lipinski definition) is 3. The Morgan fingerprint density at radius 3 is 2.79 bits per heavy atom. The molecule has 2 aromatic carbocycles. The van der Waals surface area contributed by atoms with E-state index in [1.807, 2.05) is 42.5 Å². The molecule has 1 aliphatic heterocycles. The van der Waals surface area contributed by atoms with Crippen LogP contribution >= 0.6 is 0 Å². The van der Waals surface area contributed by atoms with Crippen LogP contribution in [0.5, 0.6) is 5.75 Å². The fourth-order valence-electron chi connectivity index (χ4n) is 2.09. The average molecular weight is 253 g/mol.